The molecule has 0 aromatic carbocycles. The molecule has 2 radical (unpaired) electrons. The van der Waals surface area contributed by atoms with E-state index < -0.39 is 20.8 Å². The molecular weight excluding hydrogens is 298 g/mol. The predicted molar refractivity (Wildman–Crippen MR) is 28.4 cm³/mol. The minimum atomic E-state index is -4.67. The van der Waals surface area contributed by atoms with Gasteiger partial charge in [0.1, 0.15) is 0 Å². The molecule has 0 bridgehead atoms. The first-order valence-corrected chi connectivity index (χ1v) is 4.19. The van der Waals surface area contributed by atoms with Crippen LogP contribution < -0.4 is 0 Å². The quantitative estimate of drug-likeness (QED) is 0.318. The number of hydrogen-bond acceptors (Lipinski definition) is 4. The van der Waals surface area contributed by atoms with Gasteiger partial charge < -0.3 is 0 Å². The molecule has 8 nitrogen and oxygen atoms in total. The van der Waals surface area contributed by atoms with E-state index in [2.05, 4.69) is 0 Å². The second-order valence-corrected chi connectivity index (χ2v) is 2.69. The molecule has 12 heteroatoms. The van der Waals surface area contributed by atoms with Crippen molar-refractivity contribution < 1.29 is 70.7 Å². The van der Waals surface area contributed by atoms with Gasteiger partial charge >= 0.3 is 20.8 Å². The number of hydrogen-bond donors (Lipinski definition) is 4. The van der Waals surface area contributed by atoms with E-state index in [9.17, 15) is 0 Å². The average molecular weight is 302 g/mol. The summed E-state index contributed by atoms with van der Waals surface area (Å²) in [6.07, 6.45) is 0. The van der Waals surface area contributed by atoms with Gasteiger partial charge in [-0.3, -0.25) is 18.2 Å². The van der Waals surface area contributed by atoms with Crippen LogP contribution in [0.5, 0.6) is 0 Å². The number of rotatable bonds is 0. The van der Waals surface area contributed by atoms with Crippen LogP contribution in [0.4, 0.5) is 0 Å². The van der Waals surface area contributed by atoms with E-state index in [-0.39, 0.29) is 35.6 Å². The second-order valence-electron chi connectivity index (χ2n) is 0.896. The van der Waals surface area contributed by atoms with Crippen molar-refractivity contribution in [1.82, 2.24) is 0 Å². The van der Waals surface area contributed by atoms with Crippen molar-refractivity contribution in [2.24, 2.45) is 0 Å². The van der Waals surface area contributed by atoms with Crippen molar-refractivity contribution in [3.05, 3.63) is 0 Å². The van der Waals surface area contributed by atoms with Gasteiger partial charge in [-0.15, -0.1) is 0 Å². The van der Waals surface area contributed by atoms with Gasteiger partial charge in [0.05, 0.1) is 0 Å². The third-order valence-electron chi connectivity index (χ3n) is 0. The van der Waals surface area contributed by atoms with Crippen LogP contribution in [0.15, 0.2) is 0 Å². The Labute approximate surface area is 91.2 Å². The Morgan fingerprint density at radius 1 is 0.667 bits per heavy atom. The summed E-state index contributed by atoms with van der Waals surface area (Å²) < 4.78 is 63.2. The van der Waals surface area contributed by atoms with Crippen molar-refractivity contribution in [2.75, 3.05) is 0 Å². The molecule has 12 heavy (non-hydrogen) atoms. The summed E-state index contributed by atoms with van der Waals surface area (Å²) >= 11 is 0. The zero-order valence-corrected chi connectivity index (χ0v) is 9.27. The monoisotopic (exact) mass is 302 g/mol. The van der Waals surface area contributed by atoms with Crippen molar-refractivity contribution in [3.63, 3.8) is 0 Å². The molecule has 0 aliphatic heterocycles. The van der Waals surface area contributed by atoms with E-state index >= 15 is 0 Å². The Hall–Kier alpha value is 0.844. The van der Waals surface area contributed by atoms with Crippen LogP contribution in [0.1, 0.15) is 0 Å². The van der Waals surface area contributed by atoms with E-state index in [1.165, 1.54) is 0 Å². The molecule has 0 saturated heterocycles. The predicted octanol–water partition coefficient (Wildman–Crippen LogP) is -1.31. The molecule has 76 valence electrons. The summed E-state index contributed by atoms with van der Waals surface area (Å²) in [5.41, 5.74) is 0. The van der Waals surface area contributed by atoms with Gasteiger partial charge in [-0.2, -0.15) is 16.8 Å². The van der Waals surface area contributed by atoms with Gasteiger partial charge in [-0.1, -0.05) is 0 Å². The molecule has 0 spiro atoms. The van der Waals surface area contributed by atoms with Crippen LogP contribution in [-0.4, -0.2) is 35.0 Å². The zero-order valence-electron chi connectivity index (χ0n) is 5.06. The average Bonchev–Trinajstić information content (AvgIpc) is 1.12. The van der Waals surface area contributed by atoms with Crippen molar-refractivity contribution >= 4 is 20.8 Å². The molecular formula is H4MnO8S2V. The first kappa shape index (κ1) is 23.0. The topological polar surface area (TPSA) is 149 Å². The zero-order chi connectivity index (χ0) is 9.00. The van der Waals surface area contributed by atoms with E-state index in [1.54, 1.807) is 0 Å². The SMILES string of the molecule is O=S(=O)(O)O.O=S(=O)(O)O.[Mn].[V]. The Kier molecular flexibility index (Phi) is 16.2. The molecule has 0 heterocycles. The van der Waals surface area contributed by atoms with Crippen LogP contribution in [0.2, 0.25) is 0 Å². The smallest absolute Gasteiger partial charge is 0.264 e. The third kappa shape index (κ3) is 1480. The molecule has 0 aromatic rings. The van der Waals surface area contributed by atoms with Crippen LogP contribution >= 0.6 is 0 Å². The molecule has 0 saturated carbocycles. The minimum absolute atomic E-state index is 0. The summed E-state index contributed by atoms with van der Waals surface area (Å²) in [7, 11) is -9.33. The molecule has 0 rings (SSSR count). The maximum atomic E-state index is 8.74. The van der Waals surface area contributed by atoms with Crippen molar-refractivity contribution in [3.8, 4) is 0 Å². The Morgan fingerprint density at radius 3 is 0.667 bits per heavy atom. The van der Waals surface area contributed by atoms with E-state index in [1.807, 2.05) is 0 Å². The molecule has 4 N–H and O–H groups in total. The van der Waals surface area contributed by atoms with E-state index in [0.717, 1.165) is 0 Å². The third-order valence-corrected chi connectivity index (χ3v) is 0. The maximum absolute atomic E-state index is 8.74. The van der Waals surface area contributed by atoms with Crippen LogP contribution in [0, 0.1) is 0 Å². The molecule has 0 atom stereocenters. The molecule has 0 unspecified atom stereocenters. The normalized spacial score (nSPS) is 9.67. The van der Waals surface area contributed by atoms with Crippen LogP contribution in [0.3, 0.4) is 0 Å². The molecule has 0 aromatic heterocycles. The fourth-order valence-corrected chi connectivity index (χ4v) is 0. The summed E-state index contributed by atoms with van der Waals surface area (Å²) in [6, 6.07) is 0. The Balaban J connectivity index is -0.0000000457. The summed E-state index contributed by atoms with van der Waals surface area (Å²) in [4.78, 5) is 0. The van der Waals surface area contributed by atoms with Gasteiger partial charge in [0.2, 0.25) is 0 Å². The Bertz CT molecular complexity index is 213. The standard InChI is InChI=1S/Mn.2H2O4S.V/c;2*1-5(2,3)4;/h;2*(H2,1,2,3,4);. The molecule has 0 aliphatic rings. The fraction of sp³-hybridized carbons (Fsp3) is 0. The molecule has 0 aliphatic carbocycles. The fourth-order valence-electron chi connectivity index (χ4n) is 0. The van der Waals surface area contributed by atoms with Crippen molar-refractivity contribution in [1.29, 1.82) is 0 Å². The van der Waals surface area contributed by atoms with Gasteiger partial charge in [0.15, 0.2) is 0 Å². The summed E-state index contributed by atoms with van der Waals surface area (Å²) in [5, 5.41) is 0. The summed E-state index contributed by atoms with van der Waals surface area (Å²) in [6.45, 7) is 0. The Morgan fingerprint density at radius 2 is 0.667 bits per heavy atom. The van der Waals surface area contributed by atoms with Gasteiger partial charge in [-0.05, 0) is 0 Å². The van der Waals surface area contributed by atoms with E-state index in [0.29, 0.717) is 0 Å². The molecule has 0 amide bonds. The van der Waals surface area contributed by atoms with E-state index in [4.69, 9.17) is 35.0 Å². The van der Waals surface area contributed by atoms with Gasteiger partial charge in [0.25, 0.3) is 0 Å². The van der Waals surface area contributed by atoms with Crippen LogP contribution in [-0.2, 0) is 56.4 Å². The first-order valence-electron chi connectivity index (χ1n) is 1.40. The van der Waals surface area contributed by atoms with Gasteiger partial charge in [0, 0.05) is 35.6 Å². The second kappa shape index (κ2) is 8.44. The van der Waals surface area contributed by atoms with Crippen molar-refractivity contribution in [2.45, 2.75) is 0 Å². The molecule has 0 fully saturated rings. The summed E-state index contributed by atoms with van der Waals surface area (Å²) in [5.74, 6) is 0. The maximum Gasteiger partial charge on any atom is 0.394 e. The minimum Gasteiger partial charge on any atom is -0.264 e. The van der Waals surface area contributed by atoms with Gasteiger partial charge in [-0.25, -0.2) is 0 Å². The van der Waals surface area contributed by atoms with Crippen LogP contribution in [0.25, 0.3) is 0 Å². The first-order chi connectivity index (χ1) is 4.00. The largest absolute Gasteiger partial charge is 0.394 e.